The van der Waals surface area contributed by atoms with Gasteiger partial charge in [0.25, 0.3) is 0 Å². The lowest BCUT2D eigenvalue weighted by atomic mass is 9.97. The van der Waals surface area contributed by atoms with Gasteiger partial charge >= 0.3 is 5.97 Å². The molecule has 0 bridgehead atoms. The van der Waals surface area contributed by atoms with Crippen molar-refractivity contribution in [3.05, 3.63) is 39.2 Å². The van der Waals surface area contributed by atoms with E-state index >= 15 is 0 Å². The fourth-order valence-electron chi connectivity index (χ4n) is 3.04. The lowest BCUT2D eigenvalue weighted by Crippen LogP contribution is -2.44. The van der Waals surface area contributed by atoms with Crippen LogP contribution in [-0.4, -0.2) is 45.0 Å². The molecule has 1 aliphatic rings. The summed E-state index contributed by atoms with van der Waals surface area (Å²) in [5.74, 6) is -0.963. The zero-order valence-electron chi connectivity index (χ0n) is 15.5. The van der Waals surface area contributed by atoms with Gasteiger partial charge in [-0.2, -0.15) is 5.10 Å². The molecule has 6 nitrogen and oxygen atoms in total. The predicted octanol–water partition coefficient (Wildman–Crippen LogP) is 4.82. The molecule has 0 spiro atoms. The lowest BCUT2D eigenvalue weighted by Gasteiger charge is -2.31. The Morgan fingerprint density at radius 2 is 2.00 bits per heavy atom. The topological polar surface area (TPSA) is 85.2 Å². The molecular formula is C19H19Cl2N3O3S2. The fourth-order valence-corrected chi connectivity index (χ4v) is 4.57. The molecule has 10 heteroatoms. The first-order chi connectivity index (χ1) is 13.8. The number of thiocarbonyl (C=S) groups is 1. The van der Waals surface area contributed by atoms with Crippen molar-refractivity contribution in [1.82, 2.24) is 10.3 Å². The minimum Gasteiger partial charge on any atom is -0.506 e. The number of aromatic hydroxyl groups is 1. The molecule has 0 atom stereocenters. The summed E-state index contributed by atoms with van der Waals surface area (Å²) in [5.41, 5.74) is 4.78. The van der Waals surface area contributed by atoms with Crippen LogP contribution in [0.15, 0.2) is 28.7 Å². The Bertz CT molecular complexity index is 970. The van der Waals surface area contributed by atoms with Crippen LogP contribution in [0.2, 0.25) is 10.0 Å². The number of carboxylic acids is 1. The largest absolute Gasteiger partial charge is 0.506 e. The molecule has 1 fully saturated rings. The monoisotopic (exact) mass is 471 g/mol. The van der Waals surface area contributed by atoms with E-state index in [1.807, 2.05) is 10.3 Å². The van der Waals surface area contributed by atoms with Crippen LogP contribution in [-0.2, 0) is 4.79 Å². The van der Waals surface area contributed by atoms with Crippen molar-refractivity contribution in [2.45, 2.75) is 19.8 Å². The van der Waals surface area contributed by atoms with Crippen LogP contribution >= 0.6 is 46.8 Å². The Morgan fingerprint density at radius 1 is 1.31 bits per heavy atom. The zero-order chi connectivity index (χ0) is 21.1. The number of piperidine rings is 1. The molecule has 3 N–H and O–H groups in total. The molecule has 0 aliphatic carbocycles. The third-order valence-corrected chi connectivity index (χ3v) is 6.89. The standard InChI is InChI=1S/C19H19Cl2N3O3S2/c1-10(22-23-19(28)24-6-4-11(5-7-24)18(26)27)13-9-29-17(16(13)25)12-2-3-14(20)15(21)8-12/h2-3,8-9,11,25H,4-7H2,1H3,(H,23,28)(H,26,27). The maximum Gasteiger partial charge on any atom is 0.306 e. The van der Waals surface area contributed by atoms with Crippen molar-refractivity contribution in [3.63, 3.8) is 0 Å². The van der Waals surface area contributed by atoms with Crippen molar-refractivity contribution >= 4 is 63.5 Å². The Labute approximate surface area is 187 Å². The highest BCUT2D eigenvalue weighted by Gasteiger charge is 2.25. The molecule has 0 amide bonds. The molecule has 1 saturated heterocycles. The molecule has 1 aliphatic heterocycles. The highest BCUT2D eigenvalue weighted by Crippen LogP contribution is 2.40. The second-order valence-electron chi connectivity index (χ2n) is 6.67. The third-order valence-electron chi connectivity index (χ3n) is 4.79. The van der Waals surface area contributed by atoms with E-state index in [1.54, 1.807) is 25.1 Å². The van der Waals surface area contributed by atoms with Crippen LogP contribution in [0.1, 0.15) is 25.3 Å². The average molecular weight is 472 g/mol. The number of thiophene rings is 1. The molecular weight excluding hydrogens is 453 g/mol. The number of carboxylic acid groups (broad SMARTS) is 1. The van der Waals surface area contributed by atoms with Gasteiger partial charge in [-0.15, -0.1) is 11.3 Å². The summed E-state index contributed by atoms with van der Waals surface area (Å²) in [6, 6.07) is 5.19. The van der Waals surface area contributed by atoms with E-state index in [4.69, 9.17) is 40.5 Å². The molecule has 2 heterocycles. The van der Waals surface area contributed by atoms with E-state index < -0.39 is 5.97 Å². The number of benzene rings is 1. The number of carbonyl (C=O) groups is 1. The summed E-state index contributed by atoms with van der Waals surface area (Å²) in [6.07, 6.45) is 1.11. The number of hydrazone groups is 1. The van der Waals surface area contributed by atoms with Crippen LogP contribution < -0.4 is 5.43 Å². The van der Waals surface area contributed by atoms with E-state index in [0.717, 1.165) is 5.56 Å². The van der Waals surface area contributed by atoms with Gasteiger partial charge in [0.05, 0.1) is 32.1 Å². The van der Waals surface area contributed by atoms with E-state index in [1.165, 1.54) is 11.3 Å². The van der Waals surface area contributed by atoms with Crippen molar-refractivity contribution in [3.8, 4) is 16.2 Å². The first kappa shape index (κ1) is 21.8. The van der Waals surface area contributed by atoms with E-state index in [-0.39, 0.29) is 11.7 Å². The van der Waals surface area contributed by atoms with E-state index in [0.29, 0.717) is 57.2 Å². The van der Waals surface area contributed by atoms with Gasteiger partial charge in [0.15, 0.2) is 5.11 Å². The normalized spacial score (nSPS) is 15.4. The first-order valence-corrected chi connectivity index (χ1v) is 10.9. The Morgan fingerprint density at radius 3 is 2.62 bits per heavy atom. The van der Waals surface area contributed by atoms with Gasteiger partial charge in [0.1, 0.15) is 5.75 Å². The van der Waals surface area contributed by atoms with Crippen LogP contribution in [0.25, 0.3) is 10.4 Å². The van der Waals surface area contributed by atoms with Crippen molar-refractivity contribution in [2.75, 3.05) is 13.1 Å². The summed E-state index contributed by atoms with van der Waals surface area (Å²) in [5, 5.41) is 27.1. The molecule has 0 radical (unpaired) electrons. The second-order valence-corrected chi connectivity index (χ2v) is 8.75. The second kappa shape index (κ2) is 9.30. The molecule has 154 valence electrons. The summed E-state index contributed by atoms with van der Waals surface area (Å²) in [4.78, 5) is 13.6. The van der Waals surface area contributed by atoms with Gasteiger partial charge in [0, 0.05) is 18.5 Å². The summed E-state index contributed by atoms with van der Waals surface area (Å²) in [7, 11) is 0. The summed E-state index contributed by atoms with van der Waals surface area (Å²) >= 11 is 18.8. The molecule has 1 aromatic carbocycles. The van der Waals surface area contributed by atoms with Crippen molar-refractivity contribution < 1.29 is 15.0 Å². The molecule has 29 heavy (non-hydrogen) atoms. The Hall–Kier alpha value is -1.87. The summed E-state index contributed by atoms with van der Waals surface area (Å²) in [6.45, 7) is 2.91. The first-order valence-electron chi connectivity index (χ1n) is 8.86. The highest BCUT2D eigenvalue weighted by atomic mass is 35.5. The van der Waals surface area contributed by atoms with Crippen molar-refractivity contribution in [2.24, 2.45) is 11.0 Å². The number of aliphatic carboxylic acids is 1. The third kappa shape index (κ3) is 5.01. The molecule has 1 aromatic heterocycles. The number of rotatable bonds is 4. The van der Waals surface area contributed by atoms with Gasteiger partial charge in [-0.1, -0.05) is 29.3 Å². The maximum absolute atomic E-state index is 11.0. The lowest BCUT2D eigenvalue weighted by molar-refractivity contribution is -0.143. The summed E-state index contributed by atoms with van der Waals surface area (Å²) < 4.78 is 0. The SMILES string of the molecule is CC(=NNC(=S)N1CCC(C(=O)O)CC1)c1csc(-c2ccc(Cl)c(Cl)c2)c1O. The number of halogens is 2. The minimum atomic E-state index is -0.761. The zero-order valence-corrected chi connectivity index (χ0v) is 18.6. The van der Waals surface area contributed by atoms with Crippen LogP contribution in [0.3, 0.4) is 0 Å². The van der Waals surface area contributed by atoms with Crippen LogP contribution in [0.4, 0.5) is 0 Å². The molecule has 0 unspecified atom stereocenters. The number of hydrogen-bond donors (Lipinski definition) is 3. The number of nitrogens with zero attached hydrogens (tertiary/aromatic N) is 2. The smallest absolute Gasteiger partial charge is 0.306 e. The predicted molar refractivity (Wildman–Crippen MR) is 121 cm³/mol. The molecule has 2 aromatic rings. The van der Waals surface area contributed by atoms with Gasteiger partial charge in [-0.25, -0.2) is 0 Å². The number of nitrogens with one attached hydrogen (secondary N) is 1. The quantitative estimate of drug-likeness (QED) is 0.336. The Kier molecular flexibility index (Phi) is 7.00. The average Bonchev–Trinajstić information content (AvgIpc) is 3.09. The van der Waals surface area contributed by atoms with Gasteiger partial charge in [0.2, 0.25) is 0 Å². The number of likely N-dealkylation sites (tertiary alicyclic amines) is 1. The number of hydrogen-bond acceptors (Lipinski definition) is 5. The van der Waals surface area contributed by atoms with Crippen LogP contribution in [0, 0.1) is 5.92 Å². The minimum absolute atomic E-state index is 0.115. The molecule has 0 saturated carbocycles. The van der Waals surface area contributed by atoms with Gasteiger partial charge in [-0.05, 0) is 49.7 Å². The van der Waals surface area contributed by atoms with Crippen LogP contribution in [0.5, 0.6) is 5.75 Å². The van der Waals surface area contributed by atoms with E-state index in [9.17, 15) is 9.90 Å². The highest BCUT2D eigenvalue weighted by molar-refractivity contribution is 7.80. The van der Waals surface area contributed by atoms with Gasteiger partial charge < -0.3 is 15.1 Å². The van der Waals surface area contributed by atoms with Gasteiger partial charge in [-0.3, -0.25) is 10.2 Å². The molecule has 3 rings (SSSR count). The van der Waals surface area contributed by atoms with Crippen molar-refractivity contribution in [1.29, 1.82) is 0 Å². The van der Waals surface area contributed by atoms with E-state index in [2.05, 4.69) is 10.5 Å². The maximum atomic E-state index is 11.0. The Balaban J connectivity index is 1.67. The fraction of sp³-hybridized carbons (Fsp3) is 0.316.